The Bertz CT molecular complexity index is 1090. The molecule has 1 N–H and O–H groups in total. The predicted octanol–water partition coefficient (Wildman–Crippen LogP) is 3.30. The molecule has 1 atom stereocenters. The van der Waals surface area contributed by atoms with Gasteiger partial charge in [0, 0.05) is 39.4 Å². The molecule has 1 aliphatic rings. The molecule has 1 saturated heterocycles. The molecule has 4 rings (SSSR count). The maximum Gasteiger partial charge on any atom is 0.260 e. The highest BCUT2D eigenvalue weighted by Gasteiger charge is 2.31. The standard InChI is InChI=1S/C23H28F2N6OS/c1-16-23(17(2)29(3)28-16)31(15-21(24)25)33(32)20-6-4-18(5-7-20)19-8-9-27-22(14-19)30-12-10-26-11-13-30/h4-9,14,21,26H,10-13,15H2,1-3H3. The molecule has 10 heteroatoms. The average molecular weight is 475 g/mol. The molecule has 1 unspecified atom stereocenters. The van der Waals surface area contributed by atoms with Gasteiger partial charge in [-0.05, 0) is 61.4 Å². The summed E-state index contributed by atoms with van der Waals surface area (Å²) in [6.45, 7) is 6.55. The Morgan fingerprint density at radius 3 is 2.42 bits per heavy atom. The SMILES string of the molecule is Cc1nn(C)c(C)c1N(CC(F)F)[S+]([O-])c1ccc(-c2ccnc(N3CCNCC3)c2)cc1. The van der Waals surface area contributed by atoms with Crippen LogP contribution >= 0.6 is 0 Å². The quantitative estimate of drug-likeness (QED) is 0.530. The van der Waals surface area contributed by atoms with Crippen LogP contribution in [-0.2, 0) is 18.4 Å². The Balaban J connectivity index is 1.59. The van der Waals surface area contributed by atoms with Crippen LogP contribution in [0.5, 0.6) is 0 Å². The van der Waals surface area contributed by atoms with Crippen molar-refractivity contribution in [3.63, 3.8) is 0 Å². The number of alkyl halides is 2. The third-order valence-corrected chi connectivity index (χ3v) is 7.21. The van der Waals surface area contributed by atoms with Crippen LogP contribution in [0.25, 0.3) is 11.1 Å². The minimum atomic E-state index is -2.63. The fourth-order valence-electron chi connectivity index (χ4n) is 4.05. The van der Waals surface area contributed by atoms with Crippen molar-refractivity contribution in [3.8, 4) is 11.1 Å². The van der Waals surface area contributed by atoms with Crippen molar-refractivity contribution in [3.05, 3.63) is 54.0 Å². The van der Waals surface area contributed by atoms with Crippen molar-refractivity contribution < 1.29 is 13.3 Å². The second kappa shape index (κ2) is 10.1. The lowest BCUT2D eigenvalue weighted by Gasteiger charge is -2.28. The molecule has 3 heterocycles. The van der Waals surface area contributed by atoms with Crippen LogP contribution in [0.2, 0.25) is 0 Å². The molecule has 1 aromatic carbocycles. The highest BCUT2D eigenvalue weighted by molar-refractivity contribution is 7.92. The number of benzene rings is 1. The van der Waals surface area contributed by atoms with Gasteiger partial charge in [0.25, 0.3) is 6.43 Å². The number of pyridine rings is 1. The monoisotopic (exact) mass is 474 g/mol. The zero-order chi connectivity index (χ0) is 23.5. The van der Waals surface area contributed by atoms with Gasteiger partial charge in [0.1, 0.15) is 29.4 Å². The van der Waals surface area contributed by atoms with E-state index in [4.69, 9.17) is 0 Å². The number of aromatic nitrogens is 3. The average Bonchev–Trinajstić information content (AvgIpc) is 3.08. The van der Waals surface area contributed by atoms with E-state index in [2.05, 4.69) is 20.3 Å². The molecule has 0 bridgehead atoms. The molecule has 2 aromatic heterocycles. The molecule has 176 valence electrons. The van der Waals surface area contributed by atoms with E-state index in [-0.39, 0.29) is 0 Å². The van der Waals surface area contributed by atoms with E-state index in [0.717, 1.165) is 43.1 Å². The van der Waals surface area contributed by atoms with Crippen molar-refractivity contribution in [1.82, 2.24) is 20.1 Å². The normalized spacial score (nSPS) is 15.2. The highest BCUT2D eigenvalue weighted by atomic mass is 32.2. The number of halogens is 2. The Labute approximate surface area is 195 Å². The molecule has 1 aliphatic heterocycles. The van der Waals surface area contributed by atoms with Gasteiger partial charge < -0.3 is 14.8 Å². The Morgan fingerprint density at radius 2 is 1.82 bits per heavy atom. The zero-order valence-electron chi connectivity index (χ0n) is 19.0. The molecular weight excluding hydrogens is 446 g/mol. The molecule has 0 radical (unpaired) electrons. The van der Waals surface area contributed by atoms with Crippen LogP contribution in [-0.4, -0.2) is 58.5 Å². The van der Waals surface area contributed by atoms with Crippen LogP contribution < -0.4 is 14.5 Å². The van der Waals surface area contributed by atoms with Gasteiger partial charge in [0.2, 0.25) is 0 Å². The van der Waals surface area contributed by atoms with Crippen LogP contribution in [0.3, 0.4) is 0 Å². The topological polar surface area (TPSA) is 72.3 Å². The summed E-state index contributed by atoms with van der Waals surface area (Å²) in [7, 11) is 1.74. The predicted molar refractivity (Wildman–Crippen MR) is 127 cm³/mol. The van der Waals surface area contributed by atoms with E-state index in [9.17, 15) is 13.3 Å². The summed E-state index contributed by atoms with van der Waals surface area (Å²) >= 11 is -1.80. The molecule has 0 amide bonds. The first kappa shape index (κ1) is 23.5. The maximum absolute atomic E-state index is 13.4. The number of rotatable bonds is 7. The van der Waals surface area contributed by atoms with Crippen molar-refractivity contribution in [1.29, 1.82) is 0 Å². The van der Waals surface area contributed by atoms with E-state index in [0.29, 0.717) is 22.0 Å². The Kier molecular flexibility index (Phi) is 7.16. The second-order valence-electron chi connectivity index (χ2n) is 8.01. The summed E-state index contributed by atoms with van der Waals surface area (Å²) < 4.78 is 43.0. The number of hydrogen-bond acceptors (Lipinski definition) is 6. The fourth-order valence-corrected chi connectivity index (χ4v) is 5.35. The lowest BCUT2D eigenvalue weighted by Crippen LogP contribution is -2.43. The highest BCUT2D eigenvalue weighted by Crippen LogP contribution is 2.31. The van der Waals surface area contributed by atoms with Gasteiger partial charge in [-0.2, -0.15) is 9.40 Å². The summed E-state index contributed by atoms with van der Waals surface area (Å²) in [5.41, 5.74) is 3.69. The number of aryl methyl sites for hydroxylation is 2. The third-order valence-electron chi connectivity index (χ3n) is 5.80. The molecule has 7 nitrogen and oxygen atoms in total. The molecule has 0 spiro atoms. The molecule has 0 aliphatic carbocycles. The zero-order valence-corrected chi connectivity index (χ0v) is 19.8. The molecule has 33 heavy (non-hydrogen) atoms. The summed E-state index contributed by atoms with van der Waals surface area (Å²) in [4.78, 5) is 7.20. The van der Waals surface area contributed by atoms with Crippen LogP contribution in [0.15, 0.2) is 47.5 Å². The van der Waals surface area contributed by atoms with Gasteiger partial charge in [0.15, 0.2) is 4.90 Å². The summed E-state index contributed by atoms with van der Waals surface area (Å²) in [6.07, 6.45) is -0.843. The van der Waals surface area contributed by atoms with Crippen molar-refractivity contribution in [2.24, 2.45) is 7.05 Å². The van der Waals surface area contributed by atoms with E-state index >= 15 is 0 Å². The molecule has 0 saturated carbocycles. The lowest BCUT2D eigenvalue weighted by atomic mass is 10.1. The Hall–Kier alpha value is -2.69. The van der Waals surface area contributed by atoms with Crippen LogP contribution in [0.4, 0.5) is 20.3 Å². The first-order valence-corrected chi connectivity index (χ1v) is 12.0. The van der Waals surface area contributed by atoms with Crippen LogP contribution in [0, 0.1) is 13.8 Å². The van der Waals surface area contributed by atoms with E-state index in [1.165, 1.54) is 4.31 Å². The maximum atomic E-state index is 13.4. The first-order valence-electron chi connectivity index (χ1n) is 10.8. The summed E-state index contributed by atoms with van der Waals surface area (Å²) in [5.74, 6) is 0.923. The molecule has 3 aromatic rings. The Morgan fingerprint density at radius 1 is 1.12 bits per heavy atom. The van der Waals surface area contributed by atoms with Gasteiger partial charge in [-0.15, -0.1) is 0 Å². The number of anilines is 2. The van der Waals surface area contributed by atoms with Gasteiger partial charge in [-0.25, -0.2) is 13.8 Å². The van der Waals surface area contributed by atoms with Crippen molar-refractivity contribution in [2.75, 3.05) is 41.9 Å². The van der Waals surface area contributed by atoms with Gasteiger partial charge in [-0.1, -0.05) is 0 Å². The number of nitrogens with zero attached hydrogens (tertiary/aromatic N) is 5. The minimum absolute atomic E-state index is 0.457. The summed E-state index contributed by atoms with van der Waals surface area (Å²) in [6, 6.07) is 11.2. The van der Waals surface area contributed by atoms with E-state index < -0.39 is 24.3 Å². The third kappa shape index (κ3) is 5.13. The van der Waals surface area contributed by atoms with Crippen LogP contribution in [0.1, 0.15) is 11.4 Å². The number of piperazine rings is 1. The van der Waals surface area contributed by atoms with E-state index in [1.54, 1.807) is 43.9 Å². The van der Waals surface area contributed by atoms with Gasteiger partial charge >= 0.3 is 0 Å². The minimum Gasteiger partial charge on any atom is -0.588 e. The number of hydrogen-bond donors (Lipinski definition) is 1. The largest absolute Gasteiger partial charge is 0.588 e. The smallest absolute Gasteiger partial charge is 0.260 e. The van der Waals surface area contributed by atoms with Crippen molar-refractivity contribution in [2.45, 2.75) is 25.2 Å². The molecular formula is C23H28F2N6OS. The van der Waals surface area contributed by atoms with Crippen molar-refractivity contribution >= 4 is 22.9 Å². The first-order chi connectivity index (χ1) is 15.8. The molecule has 1 fully saturated rings. The fraction of sp³-hybridized carbons (Fsp3) is 0.391. The lowest BCUT2D eigenvalue weighted by molar-refractivity contribution is 0.159. The number of nitrogens with one attached hydrogen (secondary N) is 1. The van der Waals surface area contributed by atoms with Gasteiger partial charge in [-0.3, -0.25) is 4.68 Å². The summed E-state index contributed by atoms with van der Waals surface area (Å²) in [5, 5.41) is 7.63. The van der Waals surface area contributed by atoms with E-state index in [1.807, 2.05) is 24.3 Å². The van der Waals surface area contributed by atoms with Gasteiger partial charge in [0.05, 0.1) is 11.4 Å². The second-order valence-corrected chi connectivity index (χ2v) is 9.42.